The summed E-state index contributed by atoms with van der Waals surface area (Å²) in [5.74, 6) is 1.72. The van der Waals surface area contributed by atoms with Crippen molar-refractivity contribution in [2.75, 3.05) is 46.4 Å². The molecule has 1 unspecified atom stereocenters. The zero-order valence-corrected chi connectivity index (χ0v) is 20.0. The van der Waals surface area contributed by atoms with Gasteiger partial charge in [0.05, 0.1) is 12.6 Å². The third-order valence-corrected chi connectivity index (χ3v) is 5.02. The fraction of sp³-hybridized carbons (Fsp3) is 0.947. The van der Waals surface area contributed by atoms with Crippen LogP contribution < -0.4 is 10.6 Å². The summed E-state index contributed by atoms with van der Waals surface area (Å²) >= 11 is 0. The molecule has 1 rings (SSSR count). The highest BCUT2D eigenvalue weighted by Crippen LogP contribution is 2.23. The summed E-state index contributed by atoms with van der Waals surface area (Å²) in [4.78, 5) is 5.74. The second kappa shape index (κ2) is 14.7. The van der Waals surface area contributed by atoms with E-state index in [1.807, 2.05) is 6.92 Å². The van der Waals surface area contributed by atoms with Crippen molar-refractivity contribution in [2.45, 2.75) is 58.7 Å². The van der Waals surface area contributed by atoms with E-state index in [0.29, 0.717) is 24.9 Å². The minimum Gasteiger partial charge on any atom is -0.378 e. The number of guanidine groups is 1. The van der Waals surface area contributed by atoms with Gasteiger partial charge in [0, 0.05) is 26.7 Å². The van der Waals surface area contributed by atoms with Gasteiger partial charge in [0.2, 0.25) is 0 Å². The number of piperidine rings is 1. The molecular weight excluding hydrogens is 484 g/mol. The van der Waals surface area contributed by atoms with Gasteiger partial charge < -0.3 is 15.4 Å². The molecule has 1 aliphatic rings. The molecule has 0 amide bonds. The molecule has 0 radical (unpaired) electrons. The number of nitrogens with zero attached hydrogens (tertiary/aromatic N) is 2. The largest absolute Gasteiger partial charge is 0.401 e. The molecule has 1 atom stereocenters. The van der Waals surface area contributed by atoms with Gasteiger partial charge in [-0.25, -0.2) is 0 Å². The number of halogens is 4. The van der Waals surface area contributed by atoms with E-state index in [9.17, 15) is 13.2 Å². The van der Waals surface area contributed by atoms with Gasteiger partial charge in [0.15, 0.2) is 5.96 Å². The number of nitrogens with one attached hydrogen (secondary N) is 2. The van der Waals surface area contributed by atoms with Crippen molar-refractivity contribution in [3.05, 3.63) is 0 Å². The molecule has 0 spiro atoms. The first-order valence-electron chi connectivity index (χ1n) is 10.1. The normalized spacial score (nSPS) is 18.1. The maximum absolute atomic E-state index is 12.4. The fourth-order valence-electron chi connectivity index (χ4n) is 3.46. The summed E-state index contributed by atoms with van der Waals surface area (Å²) in [6.07, 6.45) is -0.327. The van der Waals surface area contributed by atoms with E-state index in [1.54, 1.807) is 7.05 Å². The van der Waals surface area contributed by atoms with Crippen LogP contribution in [0.4, 0.5) is 13.2 Å². The molecule has 0 aliphatic carbocycles. The Morgan fingerprint density at radius 2 is 1.79 bits per heavy atom. The van der Waals surface area contributed by atoms with E-state index in [2.05, 4.69) is 29.5 Å². The zero-order valence-electron chi connectivity index (χ0n) is 17.6. The van der Waals surface area contributed by atoms with Crippen LogP contribution in [0.1, 0.15) is 46.5 Å². The summed E-state index contributed by atoms with van der Waals surface area (Å²) in [5, 5.41) is 6.61. The molecule has 2 N–H and O–H groups in total. The van der Waals surface area contributed by atoms with Gasteiger partial charge in [-0.05, 0) is 57.5 Å². The molecule has 0 bridgehead atoms. The lowest BCUT2D eigenvalue weighted by Gasteiger charge is -2.32. The van der Waals surface area contributed by atoms with Crippen molar-refractivity contribution in [3.8, 4) is 0 Å². The van der Waals surface area contributed by atoms with Crippen LogP contribution in [0, 0.1) is 11.8 Å². The van der Waals surface area contributed by atoms with Crippen LogP contribution in [0.15, 0.2) is 4.99 Å². The van der Waals surface area contributed by atoms with Crippen molar-refractivity contribution >= 4 is 29.9 Å². The molecule has 28 heavy (non-hydrogen) atoms. The number of likely N-dealkylation sites (tertiary alicyclic amines) is 1. The van der Waals surface area contributed by atoms with Gasteiger partial charge in [-0.15, -0.1) is 24.0 Å². The Bertz CT molecular complexity index is 428. The van der Waals surface area contributed by atoms with Gasteiger partial charge in [-0.2, -0.15) is 13.2 Å². The molecular formula is C19H38F3IN4O. The predicted molar refractivity (Wildman–Crippen MR) is 119 cm³/mol. The van der Waals surface area contributed by atoms with Crippen molar-refractivity contribution < 1.29 is 17.9 Å². The number of ether oxygens (including phenoxy) is 1. The zero-order chi connectivity index (χ0) is 20.3. The number of rotatable bonds is 10. The minimum absolute atomic E-state index is 0. The van der Waals surface area contributed by atoms with E-state index >= 15 is 0 Å². The van der Waals surface area contributed by atoms with Crippen LogP contribution in [0.25, 0.3) is 0 Å². The average Bonchev–Trinajstić information content (AvgIpc) is 2.59. The average molecular weight is 522 g/mol. The molecule has 5 nitrogen and oxygen atoms in total. The van der Waals surface area contributed by atoms with E-state index < -0.39 is 12.7 Å². The maximum Gasteiger partial charge on any atom is 0.401 e. The molecule has 1 heterocycles. The lowest BCUT2D eigenvalue weighted by molar-refractivity contribution is -0.148. The summed E-state index contributed by atoms with van der Waals surface area (Å²) in [6, 6.07) is 0. The third-order valence-electron chi connectivity index (χ3n) is 5.02. The van der Waals surface area contributed by atoms with Gasteiger partial charge >= 0.3 is 6.18 Å². The highest BCUT2D eigenvalue weighted by molar-refractivity contribution is 14.0. The molecule has 9 heteroatoms. The smallest absolute Gasteiger partial charge is 0.378 e. The van der Waals surface area contributed by atoms with E-state index in [4.69, 9.17) is 4.74 Å². The van der Waals surface area contributed by atoms with Crippen molar-refractivity contribution in [1.29, 1.82) is 0 Å². The maximum atomic E-state index is 12.4. The summed E-state index contributed by atoms with van der Waals surface area (Å²) < 4.78 is 43.0. The predicted octanol–water partition coefficient (Wildman–Crippen LogP) is 3.89. The van der Waals surface area contributed by atoms with Crippen LogP contribution in [0.2, 0.25) is 0 Å². The van der Waals surface area contributed by atoms with Crippen molar-refractivity contribution in [1.82, 2.24) is 15.5 Å². The molecule has 0 aromatic rings. The van der Waals surface area contributed by atoms with Crippen LogP contribution >= 0.6 is 24.0 Å². The Kier molecular flexibility index (Phi) is 14.5. The van der Waals surface area contributed by atoms with Gasteiger partial charge in [0.1, 0.15) is 0 Å². The number of hydrogen-bond acceptors (Lipinski definition) is 3. The van der Waals surface area contributed by atoms with Crippen molar-refractivity contribution in [3.63, 3.8) is 0 Å². The first-order chi connectivity index (χ1) is 12.7. The number of alkyl halides is 3. The van der Waals surface area contributed by atoms with E-state index in [1.165, 1.54) is 4.90 Å². The monoisotopic (exact) mass is 522 g/mol. The highest BCUT2D eigenvalue weighted by atomic mass is 127. The second-order valence-corrected chi connectivity index (χ2v) is 7.58. The molecule has 0 aromatic heterocycles. The highest BCUT2D eigenvalue weighted by Gasteiger charge is 2.32. The second-order valence-electron chi connectivity index (χ2n) is 7.58. The first-order valence-corrected chi connectivity index (χ1v) is 10.1. The third kappa shape index (κ3) is 12.3. The lowest BCUT2D eigenvalue weighted by atomic mass is 9.93. The van der Waals surface area contributed by atoms with Crippen molar-refractivity contribution in [2.24, 2.45) is 16.8 Å². The fourth-order valence-corrected chi connectivity index (χ4v) is 3.46. The standard InChI is InChI=1S/C19H37F3N4O.HI/c1-5-27-17(15(2)3)7-11-25-18(23-4)24-10-6-16-8-12-26(13-9-16)14-19(20,21)22;/h15-17H,5-14H2,1-4H3,(H2,23,24,25);1H. The SMILES string of the molecule is CCOC(CCNC(=NC)NCCC1CCN(CC(F)(F)F)CC1)C(C)C.I. The van der Waals surface area contributed by atoms with Gasteiger partial charge in [-0.1, -0.05) is 13.8 Å². The number of hydrogen-bond donors (Lipinski definition) is 2. The minimum atomic E-state index is -4.09. The Morgan fingerprint density at radius 3 is 2.29 bits per heavy atom. The molecule has 1 saturated heterocycles. The Labute approximate surface area is 185 Å². The van der Waals surface area contributed by atoms with Crippen LogP contribution in [0.3, 0.4) is 0 Å². The molecule has 1 fully saturated rings. The molecule has 0 saturated carbocycles. The topological polar surface area (TPSA) is 48.9 Å². The first kappa shape index (κ1) is 27.7. The quantitative estimate of drug-likeness (QED) is 0.260. The summed E-state index contributed by atoms with van der Waals surface area (Å²) in [7, 11) is 1.74. The Balaban J connectivity index is 0.00000729. The lowest BCUT2D eigenvalue weighted by Crippen LogP contribution is -2.42. The summed E-state index contributed by atoms with van der Waals surface area (Å²) in [6.45, 7) is 8.90. The molecule has 1 aliphatic heterocycles. The number of aliphatic imine (C=N–C) groups is 1. The summed E-state index contributed by atoms with van der Waals surface area (Å²) in [5.41, 5.74) is 0. The van der Waals surface area contributed by atoms with Gasteiger partial charge in [-0.3, -0.25) is 9.89 Å². The van der Waals surface area contributed by atoms with Crippen LogP contribution in [-0.4, -0.2) is 69.5 Å². The Morgan fingerprint density at radius 1 is 1.18 bits per heavy atom. The van der Waals surface area contributed by atoms with Gasteiger partial charge in [0.25, 0.3) is 0 Å². The van der Waals surface area contributed by atoms with Crippen LogP contribution in [0.5, 0.6) is 0 Å². The van der Waals surface area contributed by atoms with Crippen LogP contribution in [-0.2, 0) is 4.74 Å². The van der Waals surface area contributed by atoms with E-state index in [-0.39, 0.29) is 30.1 Å². The molecule has 0 aromatic carbocycles. The van der Waals surface area contributed by atoms with E-state index in [0.717, 1.165) is 51.3 Å². The molecule has 168 valence electrons. The Hall–Kier alpha value is -0.290.